The van der Waals surface area contributed by atoms with Crippen LogP contribution in [0.15, 0.2) is 30.5 Å². The Labute approximate surface area is 102 Å². The van der Waals surface area contributed by atoms with E-state index in [9.17, 15) is 0 Å². The Hall–Kier alpha value is -0.730. The molecule has 1 aromatic heterocycles. The largest absolute Gasteiger partial charge is 0.361 e. The standard InChI is InChI=1S/C12H11BrClN/c13-5-2-1-3-9-7-10-4-6-15-12(10)8-11(9)14/h1,3-4,6-8,15H,2,5H2. The summed E-state index contributed by atoms with van der Waals surface area (Å²) in [6.45, 7) is 0. The number of nitrogens with one attached hydrogen (secondary N) is 1. The molecule has 0 saturated carbocycles. The smallest absolute Gasteiger partial charge is 0.0499 e. The molecule has 1 aromatic carbocycles. The average molecular weight is 285 g/mol. The van der Waals surface area contributed by atoms with Crippen molar-refractivity contribution in [2.75, 3.05) is 5.33 Å². The Morgan fingerprint density at radius 2 is 2.27 bits per heavy atom. The van der Waals surface area contributed by atoms with E-state index in [-0.39, 0.29) is 0 Å². The molecule has 3 heteroatoms. The summed E-state index contributed by atoms with van der Waals surface area (Å²) in [4.78, 5) is 3.14. The fourth-order valence-corrected chi connectivity index (χ4v) is 1.98. The second-order valence-electron chi connectivity index (χ2n) is 3.32. The monoisotopic (exact) mass is 283 g/mol. The number of alkyl halides is 1. The zero-order valence-corrected chi connectivity index (χ0v) is 10.5. The van der Waals surface area contributed by atoms with Gasteiger partial charge in [-0.25, -0.2) is 0 Å². The number of allylic oxidation sites excluding steroid dienone is 1. The van der Waals surface area contributed by atoms with Crippen LogP contribution in [0.3, 0.4) is 0 Å². The first-order valence-corrected chi connectivity index (χ1v) is 6.30. The summed E-state index contributed by atoms with van der Waals surface area (Å²) in [5.74, 6) is 0. The third-order valence-electron chi connectivity index (χ3n) is 2.24. The predicted octanol–water partition coefficient (Wildman–Crippen LogP) is 4.62. The highest BCUT2D eigenvalue weighted by molar-refractivity contribution is 9.09. The number of H-pyrrole nitrogens is 1. The van der Waals surface area contributed by atoms with Gasteiger partial charge in [-0.3, -0.25) is 0 Å². The molecule has 0 fully saturated rings. The summed E-state index contributed by atoms with van der Waals surface area (Å²) >= 11 is 9.54. The molecule has 78 valence electrons. The van der Waals surface area contributed by atoms with Crippen molar-refractivity contribution in [3.63, 3.8) is 0 Å². The van der Waals surface area contributed by atoms with Crippen LogP contribution in [0, 0.1) is 0 Å². The van der Waals surface area contributed by atoms with Crippen molar-refractivity contribution in [3.05, 3.63) is 41.1 Å². The van der Waals surface area contributed by atoms with Crippen molar-refractivity contribution in [1.82, 2.24) is 4.98 Å². The van der Waals surface area contributed by atoms with Crippen LogP contribution in [-0.2, 0) is 0 Å². The molecule has 2 aromatic rings. The summed E-state index contributed by atoms with van der Waals surface area (Å²) in [5.41, 5.74) is 2.15. The minimum absolute atomic E-state index is 0.788. The van der Waals surface area contributed by atoms with Crippen LogP contribution < -0.4 is 0 Å². The van der Waals surface area contributed by atoms with Crippen LogP contribution in [0.25, 0.3) is 17.0 Å². The van der Waals surface area contributed by atoms with E-state index in [0.29, 0.717) is 0 Å². The fourth-order valence-electron chi connectivity index (χ4n) is 1.49. The van der Waals surface area contributed by atoms with Crippen LogP contribution in [0.1, 0.15) is 12.0 Å². The van der Waals surface area contributed by atoms with E-state index >= 15 is 0 Å². The first kappa shape index (κ1) is 10.8. The topological polar surface area (TPSA) is 15.8 Å². The van der Waals surface area contributed by atoms with E-state index < -0.39 is 0 Å². The molecule has 0 aliphatic carbocycles. The lowest BCUT2D eigenvalue weighted by molar-refractivity contribution is 1.27. The first-order valence-electron chi connectivity index (χ1n) is 4.80. The Balaban J connectivity index is 2.37. The van der Waals surface area contributed by atoms with Gasteiger partial charge in [0.2, 0.25) is 0 Å². The minimum Gasteiger partial charge on any atom is -0.361 e. The number of halogens is 2. The van der Waals surface area contributed by atoms with Gasteiger partial charge >= 0.3 is 0 Å². The van der Waals surface area contributed by atoms with Gasteiger partial charge in [-0.15, -0.1) is 0 Å². The molecular formula is C12H11BrClN. The van der Waals surface area contributed by atoms with Crippen molar-refractivity contribution in [2.24, 2.45) is 0 Å². The van der Waals surface area contributed by atoms with Gasteiger partial charge in [0.05, 0.1) is 0 Å². The molecule has 1 heterocycles. The Morgan fingerprint density at radius 1 is 1.40 bits per heavy atom. The molecule has 1 N–H and O–H groups in total. The molecule has 0 aliphatic heterocycles. The normalized spacial score (nSPS) is 11.6. The Morgan fingerprint density at radius 3 is 3.07 bits per heavy atom. The molecule has 1 nitrogen and oxygen atoms in total. The molecule has 0 aliphatic rings. The van der Waals surface area contributed by atoms with Crippen molar-refractivity contribution < 1.29 is 0 Å². The summed E-state index contributed by atoms with van der Waals surface area (Å²) in [6, 6.07) is 6.11. The lowest BCUT2D eigenvalue weighted by atomic mass is 10.1. The van der Waals surface area contributed by atoms with Crippen LogP contribution in [0.5, 0.6) is 0 Å². The maximum atomic E-state index is 6.16. The van der Waals surface area contributed by atoms with Crippen molar-refractivity contribution in [3.8, 4) is 0 Å². The average Bonchev–Trinajstić information content (AvgIpc) is 2.65. The molecule has 0 spiro atoms. The van der Waals surface area contributed by atoms with E-state index in [2.05, 4.69) is 39.1 Å². The van der Waals surface area contributed by atoms with Crippen LogP contribution in [-0.4, -0.2) is 10.3 Å². The summed E-state index contributed by atoms with van der Waals surface area (Å²) in [6.07, 6.45) is 7.12. The second kappa shape index (κ2) is 4.86. The van der Waals surface area contributed by atoms with E-state index in [1.54, 1.807) is 0 Å². The number of fused-ring (bicyclic) bond motifs is 1. The zero-order chi connectivity index (χ0) is 10.7. The van der Waals surface area contributed by atoms with E-state index in [1.807, 2.05) is 18.3 Å². The van der Waals surface area contributed by atoms with E-state index in [1.165, 1.54) is 5.39 Å². The lowest BCUT2D eigenvalue weighted by Crippen LogP contribution is -1.77. The molecular weight excluding hydrogens is 273 g/mol. The molecule has 0 unspecified atom stereocenters. The van der Waals surface area contributed by atoms with Gasteiger partial charge in [-0.1, -0.05) is 39.7 Å². The maximum absolute atomic E-state index is 6.16. The predicted molar refractivity (Wildman–Crippen MR) is 70.8 cm³/mol. The van der Waals surface area contributed by atoms with Crippen molar-refractivity contribution >= 4 is 44.5 Å². The lowest BCUT2D eigenvalue weighted by Gasteiger charge is -1.99. The van der Waals surface area contributed by atoms with Crippen molar-refractivity contribution in [1.29, 1.82) is 0 Å². The molecule has 0 saturated heterocycles. The molecule has 2 rings (SSSR count). The maximum Gasteiger partial charge on any atom is 0.0499 e. The third kappa shape index (κ3) is 2.44. The molecule has 15 heavy (non-hydrogen) atoms. The quantitative estimate of drug-likeness (QED) is 0.792. The minimum atomic E-state index is 0.788. The van der Waals surface area contributed by atoms with Gasteiger partial charge in [0.25, 0.3) is 0 Å². The Kier molecular flexibility index (Phi) is 3.49. The van der Waals surface area contributed by atoms with Crippen LogP contribution in [0.4, 0.5) is 0 Å². The fraction of sp³-hybridized carbons (Fsp3) is 0.167. The van der Waals surface area contributed by atoms with Gasteiger partial charge in [0.15, 0.2) is 0 Å². The number of hydrogen-bond donors (Lipinski definition) is 1. The highest BCUT2D eigenvalue weighted by Gasteiger charge is 2.00. The molecule has 0 atom stereocenters. The van der Waals surface area contributed by atoms with Gasteiger partial charge in [-0.05, 0) is 30.2 Å². The zero-order valence-electron chi connectivity index (χ0n) is 8.13. The van der Waals surface area contributed by atoms with E-state index in [0.717, 1.165) is 27.9 Å². The second-order valence-corrected chi connectivity index (χ2v) is 4.52. The number of hydrogen-bond acceptors (Lipinski definition) is 0. The molecule has 0 radical (unpaired) electrons. The SMILES string of the molecule is Clc1cc2[nH]ccc2cc1C=CCCBr. The number of aromatic nitrogens is 1. The molecule has 0 bridgehead atoms. The third-order valence-corrected chi connectivity index (χ3v) is 3.03. The summed E-state index contributed by atoms with van der Waals surface area (Å²) in [5, 5.41) is 2.96. The highest BCUT2D eigenvalue weighted by atomic mass is 79.9. The first-order chi connectivity index (χ1) is 7.31. The number of aromatic amines is 1. The number of benzene rings is 1. The molecule has 0 amide bonds. The van der Waals surface area contributed by atoms with Crippen LogP contribution in [0.2, 0.25) is 5.02 Å². The number of rotatable bonds is 3. The van der Waals surface area contributed by atoms with Crippen LogP contribution >= 0.6 is 27.5 Å². The van der Waals surface area contributed by atoms with Gasteiger partial charge < -0.3 is 4.98 Å². The summed E-state index contributed by atoms with van der Waals surface area (Å²) < 4.78 is 0. The van der Waals surface area contributed by atoms with Crippen molar-refractivity contribution in [2.45, 2.75) is 6.42 Å². The van der Waals surface area contributed by atoms with Gasteiger partial charge in [0.1, 0.15) is 0 Å². The summed E-state index contributed by atoms with van der Waals surface area (Å²) in [7, 11) is 0. The highest BCUT2D eigenvalue weighted by Crippen LogP contribution is 2.24. The van der Waals surface area contributed by atoms with Gasteiger partial charge in [0, 0.05) is 27.5 Å². The Bertz CT molecular complexity index is 487. The van der Waals surface area contributed by atoms with Gasteiger partial charge in [-0.2, -0.15) is 0 Å². The van der Waals surface area contributed by atoms with E-state index in [4.69, 9.17) is 11.6 Å².